The summed E-state index contributed by atoms with van der Waals surface area (Å²) < 4.78 is 13.0. The minimum atomic E-state index is -1.24. The van der Waals surface area contributed by atoms with Crippen LogP contribution in [0.15, 0.2) is 29.2 Å². The average molecular weight is 431 g/mol. The first-order valence-electron chi connectivity index (χ1n) is 10.4. The quantitative estimate of drug-likeness (QED) is 0.610. The van der Waals surface area contributed by atoms with Crippen molar-refractivity contribution in [3.63, 3.8) is 0 Å². The molecule has 0 fully saturated rings. The Morgan fingerprint density at radius 3 is 2.42 bits per heavy atom. The fourth-order valence-corrected chi connectivity index (χ4v) is 3.27. The molecule has 0 unspecified atom stereocenters. The Balaban J connectivity index is 0.00000107. The zero-order valence-electron chi connectivity index (χ0n) is 18.1. The lowest BCUT2D eigenvalue weighted by molar-refractivity contribution is -0.137. The van der Waals surface area contributed by atoms with Gasteiger partial charge in [0.05, 0.1) is 19.4 Å². The number of aromatic carboxylic acids is 1. The van der Waals surface area contributed by atoms with E-state index in [2.05, 4.69) is 13.8 Å². The maximum atomic E-state index is 12.1. The predicted octanol–water partition coefficient (Wildman–Crippen LogP) is 3.83. The molecule has 1 aromatic carbocycles. The SMILES string of the molecule is CCC.COc1cc2c(cc1OCCCCC(=O)O)CCn1cc(C(=O)O)c(=O)cc1-2. The number of pyridine rings is 1. The van der Waals surface area contributed by atoms with E-state index in [0.717, 1.165) is 11.1 Å². The molecule has 2 heterocycles. The number of carboxylic acid groups (broad SMARTS) is 2. The monoisotopic (exact) mass is 431 g/mol. The lowest BCUT2D eigenvalue weighted by atomic mass is 9.96. The van der Waals surface area contributed by atoms with Gasteiger partial charge in [-0.2, -0.15) is 0 Å². The van der Waals surface area contributed by atoms with E-state index < -0.39 is 17.4 Å². The van der Waals surface area contributed by atoms with Gasteiger partial charge in [-0.3, -0.25) is 9.59 Å². The number of carbonyl (C=O) groups is 2. The summed E-state index contributed by atoms with van der Waals surface area (Å²) in [5, 5.41) is 17.8. The van der Waals surface area contributed by atoms with Crippen molar-refractivity contribution in [3.05, 3.63) is 45.7 Å². The molecule has 8 heteroatoms. The number of aryl methyl sites for hydroxylation is 2. The van der Waals surface area contributed by atoms with Gasteiger partial charge in [0.25, 0.3) is 0 Å². The van der Waals surface area contributed by atoms with Crippen LogP contribution in [-0.4, -0.2) is 40.4 Å². The number of aliphatic carboxylic acids is 1. The molecule has 1 aliphatic rings. The van der Waals surface area contributed by atoms with Crippen molar-refractivity contribution in [1.29, 1.82) is 0 Å². The van der Waals surface area contributed by atoms with Crippen LogP contribution >= 0.6 is 0 Å². The Hall–Kier alpha value is -3.29. The fraction of sp³-hybridized carbons (Fsp3) is 0.435. The van der Waals surface area contributed by atoms with Crippen LogP contribution in [0.3, 0.4) is 0 Å². The molecule has 0 aliphatic carbocycles. The first kappa shape index (κ1) is 24.0. The van der Waals surface area contributed by atoms with Crippen molar-refractivity contribution in [2.45, 2.75) is 52.5 Å². The molecule has 0 amide bonds. The van der Waals surface area contributed by atoms with Crippen molar-refractivity contribution in [1.82, 2.24) is 4.57 Å². The third-order valence-electron chi connectivity index (χ3n) is 4.69. The molecule has 1 aromatic heterocycles. The first-order valence-corrected chi connectivity index (χ1v) is 10.4. The molecular formula is C23H29NO7. The van der Waals surface area contributed by atoms with Crippen molar-refractivity contribution in [3.8, 4) is 22.8 Å². The van der Waals surface area contributed by atoms with Crippen molar-refractivity contribution in [2.75, 3.05) is 13.7 Å². The third kappa shape index (κ3) is 6.10. The second kappa shape index (κ2) is 11.2. The first-order chi connectivity index (χ1) is 14.8. The molecule has 2 aromatic rings. The van der Waals surface area contributed by atoms with E-state index in [9.17, 15) is 14.4 Å². The molecule has 0 saturated heterocycles. The predicted molar refractivity (Wildman–Crippen MR) is 116 cm³/mol. The Morgan fingerprint density at radius 2 is 1.81 bits per heavy atom. The molecule has 0 bridgehead atoms. The van der Waals surface area contributed by atoms with Crippen molar-refractivity contribution in [2.24, 2.45) is 0 Å². The highest BCUT2D eigenvalue weighted by atomic mass is 16.5. The summed E-state index contributed by atoms with van der Waals surface area (Å²) in [6, 6.07) is 4.99. The van der Waals surface area contributed by atoms with Crippen LogP contribution in [0, 0.1) is 0 Å². The number of carboxylic acids is 2. The van der Waals surface area contributed by atoms with Gasteiger partial charge in [-0.05, 0) is 37.0 Å². The number of nitrogens with zero attached hydrogens (tertiary/aromatic N) is 1. The van der Waals surface area contributed by atoms with Gasteiger partial charge in [0.2, 0.25) is 0 Å². The van der Waals surface area contributed by atoms with E-state index >= 15 is 0 Å². The number of methoxy groups -OCH3 is 1. The number of hydrogen-bond acceptors (Lipinski definition) is 5. The number of unbranched alkanes of at least 4 members (excludes halogenated alkanes) is 1. The van der Waals surface area contributed by atoms with Gasteiger partial charge in [0, 0.05) is 30.8 Å². The van der Waals surface area contributed by atoms with Crippen LogP contribution in [0.25, 0.3) is 11.3 Å². The van der Waals surface area contributed by atoms with Crippen LogP contribution in [0.5, 0.6) is 11.5 Å². The summed E-state index contributed by atoms with van der Waals surface area (Å²) >= 11 is 0. The van der Waals surface area contributed by atoms with Crippen LogP contribution in [0.1, 0.15) is 55.5 Å². The summed E-state index contributed by atoms with van der Waals surface area (Å²) in [5.41, 5.74) is 1.63. The van der Waals surface area contributed by atoms with Crippen molar-refractivity contribution < 1.29 is 29.3 Å². The second-order valence-electron chi connectivity index (χ2n) is 7.25. The normalized spacial score (nSPS) is 11.5. The number of ether oxygens (including phenoxy) is 2. The van der Waals surface area contributed by atoms with Crippen LogP contribution in [0.4, 0.5) is 0 Å². The van der Waals surface area contributed by atoms with Crippen LogP contribution in [-0.2, 0) is 17.8 Å². The molecule has 0 saturated carbocycles. The summed E-state index contributed by atoms with van der Waals surface area (Å²) in [7, 11) is 1.52. The highest BCUT2D eigenvalue weighted by Gasteiger charge is 2.22. The Labute approximate surface area is 181 Å². The van der Waals surface area contributed by atoms with E-state index in [0.29, 0.717) is 49.6 Å². The van der Waals surface area contributed by atoms with E-state index in [1.807, 2.05) is 6.07 Å². The Bertz CT molecular complexity index is 994. The molecule has 1 aliphatic heterocycles. The Kier molecular flexibility index (Phi) is 8.66. The maximum Gasteiger partial charge on any atom is 0.341 e. The Morgan fingerprint density at radius 1 is 1.10 bits per heavy atom. The van der Waals surface area contributed by atoms with Crippen LogP contribution < -0.4 is 14.9 Å². The lowest BCUT2D eigenvalue weighted by Crippen LogP contribution is -2.22. The number of fused-ring (bicyclic) bond motifs is 3. The average Bonchev–Trinajstić information content (AvgIpc) is 2.72. The molecule has 0 spiro atoms. The number of rotatable bonds is 8. The number of aromatic nitrogens is 1. The highest BCUT2D eigenvalue weighted by molar-refractivity contribution is 5.87. The summed E-state index contributed by atoms with van der Waals surface area (Å²) in [5.74, 6) is -1.00. The number of benzene rings is 1. The highest BCUT2D eigenvalue weighted by Crippen LogP contribution is 2.38. The molecule has 31 heavy (non-hydrogen) atoms. The van der Waals surface area contributed by atoms with E-state index in [1.165, 1.54) is 25.8 Å². The van der Waals surface area contributed by atoms with Crippen LogP contribution in [0.2, 0.25) is 0 Å². The minimum Gasteiger partial charge on any atom is -0.493 e. The van der Waals surface area contributed by atoms with Gasteiger partial charge >= 0.3 is 11.9 Å². The third-order valence-corrected chi connectivity index (χ3v) is 4.69. The molecular weight excluding hydrogens is 402 g/mol. The second-order valence-corrected chi connectivity index (χ2v) is 7.25. The molecule has 0 atom stereocenters. The summed E-state index contributed by atoms with van der Waals surface area (Å²) in [6.45, 7) is 5.17. The van der Waals surface area contributed by atoms with E-state index in [4.69, 9.17) is 19.7 Å². The van der Waals surface area contributed by atoms with Crippen molar-refractivity contribution >= 4 is 11.9 Å². The zero-order valence-corrected chi connectivity index (χ0v) is 18.1. The van der Waals surface area contributed by atoms with E-state index in [1.54, 1.807) is 10.6 Å². The van der Waals surface area contributed by atoms with Gasteiger partial charge in [-0.15, -0.1) is 0 Å². The maximum absolute atomic E-state index is 12.1. The molecule has 0 radical (unpaired) electrons. The van der Waals surface area contributed by atoms with Gasteiger partial charge in [-0.1, -0.05) is 20.3 Å². The largest absolute Gasteiger partial charge is 0.493 e. The topological polar surface area (TPSA) is 115 Å². The summed E-state index contributed by atoms with van der Waals surface area (Å²) in [4.78, 5) is 33.9. The molecule has 168 valence electrons. The molecule has 3 rings (SSSR count). The fourth-order valence-electron chi connectivity index (χ4n) is 3.27. The summed E-state index contributed by atoms with van der Waals surface area (Å²) in [6.07, 6.45) is 4.54. The van der Waals surface area contributed by atoms with Gasteiger partial charge < -0.3 is 24.3 Å². The smallest absolute Gasteiger partial charge is 0.341 e. The van der Waals surface area contributed by atoms with Gasteiger partial charge in [0.1, 0.15) is 5.56 Å². The standard InChI is InChI=1S/C20H21NO7.C3H8/c1-27-17-9-13-12(8-18(17)28-7-3-2-4-19(23)24)5-6-21-11-14(20(25)26)16(22)10-15(13)21;1-3-2/h8-11H,2-7H2,1H3,(H,23,24)(H,25,26);3H2,1-2H3. The zero-order chi connectivity index (χ0) is 23.0. The van der Waals surface area contributed by atoms with E-state index in [-0.39, 0.29) is 12.0 Å². The van der Waals surface area contributed by atoms with Gasteiger partial charge in [0.15, 0.2) is 16.9 Å². The molecule has 2 N–H and O–H groups in total. The minimum absolute atomic E-state index is 0.106. The lowest BCUT2D eigenvalue weighted by Gasteiger charge is -2.24. The number of hydrogen-bond donors (Lipinski definition) is 2. The van der Waals surface area contributed by atoms with Gasteiger partial charge in [-0.25, -0.2) is 4.79 Å². The molecule has 8 nitrogen and oxygen atoms in total.